The normalized spacial score (nSPS) is 20.9. The number of carbonyl (C=O) groups is 3. The second kappa shape index (κ2) is 17.9. The third-order valence-corrected chi connectivity index (χ3v) is 11.4. The first-order valence-electron chi connectivity index (χ1n) is 14.3. The Hall–Kier alpha value is -1.82. The highest BCUT2D eigenvalue weighted by molar-refractivity contribution is 14.1. The van der Waals surface area contributed by atoms with Gasteiger partial charge in [-0.3, -0.25) is 9.69 Å². The predicted octanol–water partition coefficient (Wildman–Crippen LogP) is 3.02. The van der Waals surface area contributed by atoms with E-state index in [1.807, 2.05) is 0 Å². The van der Waals surface area contributed by atoms with Gasteiger partial charge in [-0.25, -0.2) is 35.9 Å². The van der Waals surface area contributed by atoms with Gasteiger partial charge in [-0.2, -0.15) is 0 Å². The summed E-state index contributed by atoms with van der Waals surface area (Å²) in [5.74, 6) is -0.988. The molecule has 2 aromatic rings. The lowest BCUT2D eigenvalue weighted by Gasteiger charge is -2.27. The highest BCUT2D eigenvalue weighted by Gasteiger charge is 2.43. The topological polar surface area (TPSA) is 187 Å². The fourth-order valence-electron chi connectivity index (χ4n) is 4.75. The number of amides is 1. The number of hydrogen-bond donors (Lipinski definition) is 3. The molecule has 14 nitrogen and oxygen atoms in total. The molecule has 1 amide bonds. The summed E-state index contributed by atoms with van der Waals surface area (Å²) in [6, 6.07) is 10.7. The van der Waals surface area contributed by atoms with Gasteiger partial charge < -0.3 is 19.5 Å². The highest BCUT2D eigenvalue weighted by Crippen LogP contribution is 2.24. The minimum absolute atomic E-state index is 0. The van der Waals surface area contributed by atoms with E-state index >= 15 is 0 Å². The highest BCUT2D eigenvalue weighted by atomic mass is 127. The average molecular weight is 957 g/mol. The molecule has 4 rings (SSSR count). The van der Waals surface area contributed by atoms with Crippen LogP contribution < -0.4 is 14.8 Å². The fraction of sp³-hybridized carbons (Fsp3) is 0.483. The Labute approximate surface area is 314 Å². The van der Waals surface area contributed by atoms with Crippen LogP contribution in [0.2, 0.25) is 0 Å². The Morgan fingerprint density at radius 1 is 0.792 bits per heavy atom. The molecule has 48 heavy (non-hydrogen) atoms. The molecule has 268 valence electrons. The summed E-state index contributed by atoms with van der Waals surface area (Å²) >= 11 is 4.20. The van der Waals surface area contributed by atoms with Gasteiger partial charge in [0.2, 0.25) is 20.0 Å². The van der Waals surface area contributed by atoms with E-state index in [0.717, 1.165) is 7.14 Å². The third-order valence-electron chi connectivity index (χ3n) is 6.91. The maximum absolute atomic E-state index is 12.6. The Balaban J connectivity index is 0.000000340. The number of nitrogens with zero attached hydrogens (tertiary/aromatic N) is 1. The number of likely N-dealkylation sites (tertiary alicyclic amines) is 1. The molecule has 2 aliphatic heterocycles. The lowest BCUT2D eigenvalue weighted by atomic mass is 10.2. The van der Waals surface area contributed by atoms with E-state index in [-0.39, 0.29) is 47.2 Å². The van der Waals surface area contributed by atoms with Crippen LogP contribution in [0.3, 0.4) is 0 Å². The summed E-state index contributed by atoms with van der Waals surface area (Å²) in [5, 5.41) is 2.94. The molecule has 4 atom stereocenters. The predicted molar refractivity (Wildman–Crippen MR) is 196 cm³/mol. The van der Waals surface area contributed by atoms with Crippen molar-refractivity contribution in [3.05, 3.63) is 55.7 Å². The number of hydrogen-bond acceptors (Lipinski definition) is 11. The van der Waals surface area contributed by atoms with Crippen LogP contribution in [-0.2, 0) is 43.8 Å². The smallest absolute Gasteiger partial charge is 0.411 e. The lowest BCUT2D eigenvalue weighted by Crippen LogP contribution is -2.44. The Morgan fingerprint density at radius 2 is 1.25 bits per heavy atom. The zero-order valence-electron chi connectivity index (χ0n) is 26.8. The molecular weight excluding hydrogens is 918 g/mol. The van der Waals surface area contributed by atoms with Crippen molar-refractivity contribution < 1.29 is 45.4 Å². The number of carbonyl (C=O) groups excluding carboxylic acids is 3. The Bertz CT molecular complexity index is 1640. The molecule has 2 saturated heterocycles. The van der Waals surface area contributed by atoms with E-state index in [1.165, 1.54) is 31.3 Å². The largest absolute Gasteiger partial charge is 0.468 e. The number of rotatable bonds is 8. The lowest BCUT2D eigenvalue weighted by molar-refractivity contribution is -0.145. The number of benzene rings is 2. The van der Waals surface area contributed by atoms with Crippen LogP contribution in [0.1, 0.15) is 33.6 Å². The Kier molecular flexibility index (Phi) is 15.8. The zero-order chi connectivity index (χ0) is 35.2. The first-order chi connectivity index (χ1) is 21.8. The molecule has 2 heterocycles. The molecule has 0 radical (unpaired) electrons. The SMILES string of the molecule is COC(=O)[C@H]1C[C@@H](NS(=O)(=O)c2ccc(I)cc2)CN1.COC(=O)[C@H]1C[C@@H](NS(=O)(=O)c2ccc(I)cc2)CN1C(=O)OC(C)(C)C.Cl. The van der Waals surface area contributed by atoms with Gasteiger partial charge >= 0.3 is 18.0 Å². The first-order valence-corrected chi connectivity index (χ1v) is 19.4. The summed E-state index contributed by atoms with van der Waals surface area (Å²) in [6.07, 6.45) is -0.194. The summed E-state index contributed by atoms with van der Waals surface area (Å²) in [6.45, 7) is 5.56. The van der Waals surface area contributed by atoms with Crippen molar-refractivity contribution in [2.75, 3.05) is 27.3 Å². The van der Waals surface area contributed by atoms with E-state index < -0.39 is 55.8 Å². The number of methoxy groups -OCH3 is 2. The van der Waals surface area contributed by atoms with Gasteiger partial charge in [-0.1, -0.05) is 0 Å². The number of halogens is 3. The molecule has 0 bridgehead atoms. The Morgan fingerprint density at radius 3 is 1.69 bits per heavy atom. The van der Waals surface area contributed by atoms with Gasteiger partial charge in [0.25, 0.3) is 0 Å². The van der Waals surface area contributed by atoms with Crippen molar-refractivity contribution in [2.45, 2.75) is 73.2 Å². The number of esters is 2. The maximum Gasteiger partial charge on any atom is 0.411 e. The van der Waals surface area contributed by atoms with E-state index in [2.05, 4.69) is 64.7 Å². The molecule has 2 fully saturated rings. The minimum Gasteiger partial charge on any atom is -0.468 e. The van der Waals surface area contributed by atoms with Crippen molar-refractivity contribution in [3.63, 3.8) is 0 Å². The molecule has 19 heteroatoms. The van der Waals surface area contributed by atoms with E-state index in [9.17, 15) is 31.2 Å². The molecule has 2 aromatic carbocycles. The van der Waals surface area contributed by atoms with Crippen molar-refractivity contribution in [2.24, 2.45) is 0 Å². The van der Waals surface area contributed by atoms with Gasteiger partial charge in [-0.05, 0) is 127 Å². The van der Waals surface area contributed by atoms with E-state index in [4.69, 9.17) is 9.47 Å². The zero-order valence-corrected chi connectivity index (χ0v) is 33.5. The molecule has 0 spiro atoms. The summed E-state index contributed by atoms with van der Waals surface area (Å²) < 4.78 is 71.3. The monoisotopic (exact) mass is 956 g/mol. The van der Waals surface area contributed by atoms with E-state index in [0.29, 0.717) is 13.0 Å². The fourth-order valence-corrected chi connectivity index (χ4v) is 7.96. The van der Waals surface area contributed by atoms with E-state index in [1.54, 1.807) is 57.2 Å². The van der Waals surface area contributed by atoms with Gasteiger partial charge in [-0.15, -0.1) is 12.4 Å². The number of ether oxygens (including phenoxy) is 3. The van der Waals surface area contributed by atoms with Gasteiger partial charge in [0, 0.05) is 32.3 Å². The van der Waals surface area contributed by atoms with Gasteiger partial charge in [0.1, 0.15) is 17.7 Å². The van der Waals surface area contributed by atoms with Crippen LogP contribution in [0.5, 0.6) is 0 Å². The second-order valence-corrected chi connectivity index (χ2v) is 17.6. The number of sulfonamides is 2. The van der Waals surface area contributed by atoms with Crippen LogP contribution in [0.25, 0.3) is 0 Å². The minimum atomic E-state index is -3.78. The molecule has 0 aliphatic carbocycles. The summed E-state index contributed by atoms with van der Waals surface area (Å²) in [7, 11) is -4.81. The quantitative estimate of drug-likeness (QED) is 0.201. The third kappa shape index (κ3) is 12.2. The molecule has 0 aromatic heterocycles. The van der Waals surface area contributed by atoms with Gasteiger partial charge in [0.05, 0.1) is 24.0 Å². The van der Waals surface area contributed by atoms with Crippen molar-refractivity contribution in [1.29, 1.82) is 0 Å². The van der Waals surface area contributed by atoms with Crippen molar-refractivity contribution >= 4 is 95.7 Å². The molecule has 2 aliphatic rings. The molecule has 3 N–H and O–H groups in total. The average Bonchev–Trinajstić information content (AvgIpc) is 3.63. The molecule has 0 unspecified atom stereocenters. The van der Waals surface area contributed by atoms with Crippen LogP contribution in [-0.4, -0.2) is 96.8 Å². The molecule has 0 saturated carbocycles. The summed E-state index contributed by atoms with van der Waals surface area (Å²) in [4.78, 5) is 37.4. The summed E-state index contributed by atoms with van der Waals surface area (Å²) in [5.41, 5.74) is -0.740. The number of nitrogens with one attached hydrogen (secondary N) is 3. The van der Waals surface area contributed by atoms with Gasteiger partial charge in [0.15, 0.2) is 0 Å². The maximum atomic E-state index is 12.6. The van der Waals surface area contributed by atoms with Crippen molar-refractivity contribution in [1.82, 2.24) is 19.7 Å². The van der Waals surface area contributed by atoms with Crippen LogP contribution in [0.15, 0.2) is 58.3 Å². The standard InChI is InChI=1S/C17H23IN2O6S.C12H15IN2O4S.ClH/c1-17(2,3)26-16(22)20-10-12(9-14(20)15(21)25-4)19-27(23,24)13-7-5-11(18)6-8-13;1-19-12(16)11-6-9(7-14-11)15-20(17,18)10-4-2-8(13)3-5-10;/h5-8,12,14,19H,9-10H2,1-4H3;2-5,9,11,14-15H,6-7H2,1H3;1H/t12-,14-;9-,11-;/m11./s1. The molecular formula is C29H39ClI2N4O10S2. The van der Waals surface area contributed by atoms with Crippen LogP contribution in [0.4, 0.5) is 4.79 Å². The van der Waals surface area contributed by atoms with Crippen LogP contribution in [0, 0.1) is 7.14 Å². The second-order valence-electron chi connectivity index (χ2n) is 11.7. The van der Waals surface area contributed by atoms with Crippen molar-refractivity contribution in [3.8, 4) is 0 Å². The van der Waals surface area contributed by atoms with Crippen LogP contribution >= 0.6 is 57.6 Å². The first kappa shape index (κ1) is 42.3.